The number of methoxy groups -OCH3 is 1. The summed E-state index contributed by atoms with van der Waals surface area (Å²) in [5.41, 5.74) is 1.92. The summed E-state index contributed by atoms with van der Waals surface area (Å²) in [5.74, 6) is 0.604. The van der Waals surface area contributed by atoms with Gasteiger partial charge in [-0.3, -0.25) is 0 Å². The predicted octanol–water partition coefficient (Wildman–Crippen LogP) is 4.36. The number of aliphatic imine (C=N–C) groups is 1. The fourth-order valence-corrected chi connectivity index (χ4v) is 2.61. The smallest absolute Gasteiger partial charge is 0.363 e. The van der Waals surface area contributed by atoms with E-state index in [0.717, 1.165) is 21.3 Å². The van der Waals surface area contributed by atoms with E-state index in [1.807, 2.05) is 54.6 Å². The van der Waals surface area contributed by atoms with Crippen molar-refractivity contribution in [3.05, 3.63) is 82.0 Å². The molecule has 0 N–H and O–H groups in total. The van der Waals surface area contributed by atoms with Crippen molar-refractivity contribution in [1.29, 1.82) is 0 Å². The molecule has 24 heavy (non-hydrogen) atoms. The van der Waals surface area contributed by atoms with Crippen molar-refractivity contribution < 1.29 is 14.3 Å². The number of carbonyl (C=O) groups is 1. The summed E-state index contributed by atoms with van der Waals surface area (Å²) in [4.78, 5) is 16.2. The SMILES string of the molecule is COc1ccccc1C=CC=C1N=C(c2cccc(Br)c2)OC1=O. The lowest BCUT2D eigenvalue weighted by Gasteiger charge is -2.02. The quantitative estimate of drug-likeness (QED) is 0.582. The van der Waals surface area contributed by atoms with Crippen LogP contribution in [0.4, 0.5) is 0 Å². The Labute approximate surface area is 148 Å². The summed E-state index contributed by atoms with van der Waals surface area (Å²) in [7, 11) is 1.62. The van der Waals surface area contributed by atoms with Crippen LogP contribution >= 0.6 is 15.9 Å². The highest BCUT2D eigenvalue weighted by Crippen LogP contribution is 2.21. The minimum atomic E-state index is -0.463. The third kappa shape index (κ3) is 3.63. The van der Waals surface area contributed by atoms with Gasteiger partial charge in [-0.15, -0.1) is 0 Å². The lowest BCUT2D eigenvalue weighted by Crippen LogP contribution is -2.05. The number of esters is 1. The molecule has 3 rings (SSSR count). The number of hydrogen-bond donors (Lipinski definition) is 0. The van der Waals surface area contributed by atoms with Gasteiger partial charge in [0.2, 0.25) is 5.90 Å². The van der Waals surface area contributed by atoms with E-state index >= 15 is 0 Å². The van der Waals surface area contributed by atoms with Crippen molar-refractivity contribution in [3.8, 4) is 5.75 Å². The van der Waals surface area contributed by atoms with Gasteiger partial charge in [0.25, 0.3) is 0 Å². The number of allylic oxidation sites excluding steroid dienone is 2. The van der Waals surface area contributed by atoms with Crippen molar-refractivity contribution in [3.63, 3.8) is 0 Å². The lowest BCUT2D eigenvalue weighted by molar-refractivity contribution is -0.130. The van der Waals surface area contributed by atoms with E-state index < -0.39 is 5.97 Å². The highest BCUT2D eigenvalue weighted by molar-refractivity contribution is 9.10. The van der Waals surface area contributed by atoms with Crippen LogP contribution in [-0.2, 0) is 9.53 Å². The molecule has 0 aliphatic carbocycles. The molecule has 0 aromatic heterocycles. The summed E-state index contributed by atoms with van der Waals surface area (Å²) in [6.07, 6.45) is 5.23. The van der Waals surface area contributed by atoms with Gasteiger partial charge in [0.05, 0.1) is 7.11 Å². The van der Waals surface area contributed by atoms with Gasteiger partial charge in [0.1, 0.15) is 5.75 Å². The normalized spacial score (nSPS) is 15.7. The number of ether oxygens (including phenoxy) is 2. The summed E-state index contributed by atoms with van der Waals surface area (Å²) in [6, 6.07) is 15.1. The zero-order valence-corrected chi connectivity index (χ0v) is 14.5. The zero-order chi connectivity index (χ0) is 16.9. The second-order valence-electron chi connectivity index (χ2n) is 4.97. The molecule has 0 bridgehead atoms. The Morgan fingerprint density at radius 1 is 1.17 bits per heavy atom. The number of carbonyl (C=O) groups excluding carboxylic acids is 1. The monoisotopic (exact) mass is 383 g/mol. The molecular weight excluding hydrogens is 370 g/mol. The zero-order valence-electron chi connectivity index (χ0n) is 12.9. The molecular formula is C19H14BrNO3. The fraction of sp³-hybridized carbons (Fsp3) is 0.0526. The van der Waals surface area contributed by atoms with E-state index in [-0.39, 0.29) is 5.70 Å². The second-order valence-corrected chi connectivity index (χ2v) is 5.89. The standard InChI is InChI=1S/C19H14BrNO3/c1-23-17-11-3-2-6-13(17)7-5-10-16-19(22)24-18(21-16)14-8-4-9-15(20)12-14/h2-12H,1H3. The minimum absolute atomic E-state index is 0.260. The van der Waals surface area contributed by atoms with Gasteiger partial charge in [0, 0.05) is 15.6 Å². The molecule has 120 valence electrons. The molecule has 0 atom stereocenters. The largest absolute Gasteiger partial charge is 0.496 e. The van der Waals surface area contributed by atoms with Crippen molar-refractivity contribution >= 4 is 33.9 Å². The summed E-state index contributed by atoms with van der Waals surface area (Å²) >= 11 is 3.39. The average molecular weight is 384 g/mol. The molecule has 0 spiro atoms. The summed E-state index contributed by atoms with van der Waals surface area (Å²) < 4.78 is 11.4. The average Bonchev–Trinajstić information content (AvgIpc) is 2.96. The Kier molecular flexibility index (Phi) is 4.91. The first-order valence-corrected chi connectivity index (χ1v) is 8.05. The van der Waals surface area contributed by atoms with Gasteiger partial charge < -0.3 is 9.47 Å². The van der Waals surface area contributed by atoms with Crippen LogP contribution in [0.5, 0.6) is 5.75 Å². The Balaban J connectivity index is 1.82. The van der Waals surface area contributed by atoms with Gasteiger partial charge in [-0.25, -0.2) is 9.79 Å². The first-order chi connectivity index (χ1) is 11.7. The van der Waals surface area contributed by atoms with Crippen molar-refractivity contribution in [2.24, 2.45) is 4.99 Å². The van der Waals surface area contributed by atoms with Crippen LogP contribution in [0.15, 0.2) is 75.8 Å². The number of halogens is 1. The Hall–Kier alpha value is -2.66. The summed E-state index contributed by atoms with van der Waals surface area (Å²) in [5, 5.41) is 0. The molecule has 1 aliphatic rings. The molecule has 2 aromatic rings. The molecule has 5 heteroatoms. The van der Waals surface area contributed by atoms with Crippen molar-refractivity contribution in [1.82, 2.24) is 0 Å². The van der Waals surface area contributed by atoms with Crippen molar-refractivity contribution in [2.75, 3.05) is 7.11 Å². The molecule has 0 fully saturated rings. The van der Waals surface area contributed by atoms with Crippen LogP contribution in [0.1, 0.15) is 11.1 Å². The van der Waals surface area contributed by atoms with Gasteiger partial charge in [-0.05, 0) is 30.3 Å². The molecule has 0 unspecified atom stereocenters. The molecule has 4 nitrogen and oxygen atoms in total. The lowest BCUT2D eigenvalue weighted by atomic mass is 10.2. The van der Waals surface area contributed by atoms with E-state index in [2.05, 4.69) is 20.9 Å². The Morgan fingerprint density at radius 2 is 2.00 bits per heavy atom. The van der Waals surface area contributed by atoms with E-state index in [0.29, 0.717) is 5.90 Å². The molecule has 0 radical (unpaired) electrons. The molecule has 0 amide bonds. The van der Waals surface area contributed by atoms with Crippen LogP contribution in [0, 0.1) is 0 Å². The summed E-state index contributed by atoms with van der Waals surface area (Å²) in [6.45, 7) is 0. The second kappa shape index (κ2) is 7.27. The van der Waals surface area contributed by atoms with Crippen LogP contribution in [0.25, 0.3) is 6.08 Å². The Bertz CT molecular complexity index is 868. The third-order valence-corrected chi connectivity index (χ3v) is 3.85. The third-order valence-electron chi connectivity index (χ3n) is 3.36. The number of cyclic esters (lactones) is 1. The number of rotatable bonds is 4. The van der Waals surface area contributed by atoms with Crippen LogP contribution < -0.4 is 4.74 Å². The Morgan fingerprint density at radius 3 is 2.79 bits per heavy atom. The molecule has 1 aliphatic heterocycles. The highest BCUT2D eigenvalue weighted by atomic mass is 79.9. The van der Waals surface area contributed by atoms with E-state index in [1.165, 1.54) is 0 Å². The number of hydrogen-bond acceptors (Lipinski definition) is 4. The fourth-order valence-electron chi connectivity index (χ4n) is 2.22. The van der Waals surface area contributed by atoms with Gasteiger partial charge in [0.15, 0.2) is 5.70 Å². The number of nitrogens with zero attached hydrogens (tertiary/aromatic N) is 1. The van der Waals surface area contributed by atoms with Gasteiger partial charge >= 0.3 is 5.97 Å². The highest BCUT2D eigenvalue weighted by Gasteiger charge is 2.23. The topological polar surface area (TPSA) is 47.9 Å². The number of para-hydroxylation sites is 1. The van der Waals surface area contributed by atoms with Gasteiger partial charge in [-0.2, -0.15) is 0 Å². The maximum atomic E-state index is 11.9. The van der Waals surface area contributed by atoms with E-state index in [4.69, 9.17) is 9.47 Å². The number of benzene rings is 2. The van der Waals surface area contributed by atoms with Gasteiger partial charge in [-0.1, -0.05) is 52.3 Å². The molecule has 0 saturated carbocycles. The van der Waals surface area contributed by atoms with Crippen LogP contribution in [-0.4, -0.2) is 19.0 Å². The van der Waals surface area contributed by atoms with Crippen LogP contribution in [0.3, 0.4) is 0 Å². The first kappa shape index (κ1) is 16.2. The van der Waals surface area contributed by atoms with E-state index in [1.54, 1.807) is 19.3 Å². The predicted molar refractivity (Wildman–Crippen MR) is 96.9 cm³/mol. The van der Waals surface area contributed by atoms with Crippen molar-refractivity contribution in [2.45, 2.75) is 0 Å². The minimum Gasteiger partial charge on any atom is -0.496 e. The van der Waals surface area contributed by atoms with E-state index in [9.17, 15) is 4.79 Å². The first-order valence-electron chi connectivity index (χ1n) is 7.25. The molecule has 1 heterocycles. The molecule has 2 aromatic carbocycles. The maximum Gasteiger partial charge on any atom is 0.363 e. The molecule has 0 saturated heterocycles. The van der Waals surface area contributed by atoms with Crippen LogP contribution in [0.2, 0.25) is 0 Å². The maximum absolute atomic E-state index is 11.9.